The van der Waals surface area contributed by atoms with Gasteiger partial charge < -0.3 is 20.3 Å². The van der Waals surface area contributed by atoms with Crippen molar-refractivity contribution in [1.82, 2.24) is 5.32 Å². The van der Waals surface area contributed by atoms with E-state index < -0.39 is 12.1 Å². The van der Waals surface area contributed by atoms with E-state index in [1.165, 1.54) is 366 Å². The molecule has 0 aromatic heterocycles. The standard InChI is InChI=1S/C76H149NO5/c1-3-5-7-9-11-13-15-17-19-21-23-24-26-29-33-36-40-44-48-52-56-60-64-68-74(79)73(72-78)77-75(80)69-65-61-57-53-49-45-41-37-34-30-27-25-28-31-35-39-43-47-51-55-59-63-67-71-82-76(81)70-66-62-58-54-50-46-42-38-32-22-20-18-16-14-12-10-8-6-4-2/h18,20,73-74,78-79H,3-17,19,21-72H2,1-2H3,(H,77,80)/b20-18-. The van der Waals surface area contributed by atoms with Gasteiger partial charge in [-0.1, -0.05) is 386 Å². The van der Waals surface area contributed by atoms with Gasteiger partial charge in [0, 0.05) is 12.8 Å². The average molecular weight is 1160 g/mol. The first-order chi connectivity index (χ1) is 40.5. The molecule has 0 rings (SSSR count). The second-order valence-corrected chi connectivity index (χ2v) is 26.3. The topological polar surface area (TPSA) is 95.9 Å². The van der Waals surface area contributed by atoms with Gasteiger partial charge in [0.25, 0.3) is 0 Å². The highest BCUT2D eigenvalue weighted by Crippen LogP contribution is 2.20. The molecule has 0 aromatic rings. The van der Waals surface area contributed by atoms with Gasteiger partial charge in [-0.3, -0.25) is 9.59 Å². The zero-order valence-electron chi connectivity index (χ0n) is 56.0. The quantitative estimate of drug-likeness (QED) is 0.0320. The van der Waals surface area contributed by atoms with E-state index in [0.29, 0.717) is 25.9 Å². The van der Waals surface area contributed by atoms with Crippen LogP contribution in [0, 0.1) is 0 Å². The molecule has 0 radical (unpaired) electrons. The Balaban J connectivity index is 3.36. The van der Waals surface area contributed by atoms with E-state index in [1.54, 1.807) is 0 Å². The Kier molecular flexibility index (Phi) is 70.8. The zero-order chi connectivity index (χ0) is 59.2. The van der Waals surface area contributed by atoms with Crippen molar-refractivity contribution in [1.29, 1.82) is 0 Å². The van der Waals surface area contributed by atoms with Crippen molar-refractivity contribution in [3.05, 3.63) is 12.2 Å². The van der Waals surface area contributed by atoms with E-state index in [4.69, 9.17) is 4.74 Å². The maximum absolute atomic E-state index is 12.6. The van der Waals surface area contributed by atoms with Crippen LogP contribution in [-0.4, -0.2) is 47.4 Å². The van der Waals surface area contributed by atoms with Crippen molar-refractivity contribution in [3.8, 4) is 0 Å². The fraction of sp³-hybridized carbons (Fsp3) is 0.947. The molecule has 0 fully saturated rings. The number of nitrogens with one attached hydrogen (secondary N) is 1. The Labute approximate surface area is 514 Å². The summed E-state index contributed by atoms with van der Waals surface area (Å²) in [7, 11) is 0. The van der Waals surface area contributed by atoms with Crippen molar-refractivity contribution < 1.29 is 24.5 Å². The van der Waals surface area contributed by atoms with Crippen molar-refractivity contribution in [2.24, 2.45) is 0 Å². The summed E-state index contributed by atoms with van der Waals surface area (Å²) >= 11 is 0. The van der Waals surface area contributed by atoms with Gasteiger partial charge in [-0.15, -0.1) is 0 Å². The summed E-state index contributed by atoms with van der Waals surface area (Å²) in [4.78, 5) is 24.7. The summed E-state index contributed by atoms with van der Waals surface area (Å²) < 4.78 is 5.51. The van der Waals surface area contributed by atoms with Gasteiger partial charge in [-0.2, -0.15) is 0 Å². The predicted molar refractivity (Wildman–Crippen MR) is 361 cm³/mol. The number of carbonyl (C=O) groups excluding carboxylic acids is 2. The first-order valence-electron chi connectivity index (χ1n) is 37.9. The Morgan fingerprint density at radius 1 is 0.329 bits per heavy atom. The summed E-state index contributed by atoms with van der Waals surface area (Å²) in [6.07, 6.45) is 89.9. The van der Waals surface area contributed by atoms with E-state index in [2.05, 4.69) is 31.3 Å². The minimum absolute atomic E-state index is 0.0156. The van der Waals surface area contributed by atoms with Crippen LogP contribution in [0.2, 0.25) is 0 Å². The summed E-state index contributed by atoms with van der Waals surface area (Å²) in [6.45, 7) is 5.00. The summed E-state index contributed by atoms with van der Waals surface area (Å²) in [5.74, 6) is -0.0132. The molecule has 0 saturated carbocycles. The van der Waals surface area contributed by atoms with Crippen LogP contribution < -0.4 is 5.32 Å². The van der Waals surface area contributed by atoms with E-state index >= 15 is 0 Å². The Morgan fingerprint density at radius 2 is 0.573 bits per heavy atom. The van der Waals surface area contributed by atoms with Crippen LogP contribution in [0.15, 0.2) is 12.2 Å². The molecule has 0 aliphatic carbocycles. The molecule has 1 amide bonds. The van der Waals surface area contributed by atoms with Crippen LogP contribution >= 0.6 is 0 Å². The number of amides is 1. The lowest BCUT2D eigenvalue weighted by molar-refractivity contribution is -0.143. The molecule has 82 heavy (non-hydrogen) atoms. The van der Waals surface area contributed by atoms with E-state index in [-0.39, 0.29) is 18.5 Å². The fourth-order valence-electron chi connectivity index (χ4n) is 12.3. The predicted octanol–water partition coefficient (Wildman–Crippen LogP) is 24.7. The number of carbonyl (C=O) groups is 2. The van der Waals surface area contributed by atoms with Crippen LogP contribution in [0.1, 0.15) is 438 Å². The molecule has 2 unspecified atom stereocenters. The molecule has 3 N–H and O–H groups in total. The molecule has 0 aliphatic rings. The van der Waals surface area contributed by atoms with Crippen LogP contribution in [-0.2, 0) is 14.3 Å². The van der Waals surface area contributed by atoms with Gasteiger partial charge in [0.1, 0.15) is 0 Å². The molecule has 488 valence electrons. The molecule has 0 spiro atoms. The number of aliphatic hydroxyl groups is 2. The minimum Gasteiger partial charge on any atom is -0.466 e. The van der Waals surface area contributed by atoms with Gasteiger partial charge in [0.2, 0.25) is 5.91 Å². The third-order valence-electron chi connectivity index (χ3n) is 18.1. The smallest absolute Gasteiger partial charge is 0.305 e. The van der Waals surface area contributed by atoms with Crippen LogP contribution in [0.3, 0.4) is 0 Å². The maximum Gasteiger partial charge on any atom is 0.305 e. The Bertz CT molecular complexity index is 1240. The highest BCUT2D eigenvalue weighted by molar-refractivity contribution is 5.76. The lowest BCUT2D eigenvalue weighted by atomic mass is 10.0. The highest BCUT2D eigenvalue weighted by atomic mass is 16.5. The monoisotopic (exact) mass is 1160 g/mol. The average Bonchev–Trinajstić information content (AvgIpc) is 3.48. The van der Waals surface area contributed by atoms with Crippen molar-refractivity contribution in [2.75, 3.05) is 13.2 Å². The molecule has 0 aliphatic heterocycles. The second kappa shape index (κ2) is 72.1. The molecule has 0 aromatic carbocycles. The molecule has 6 nitrogen and oxygen atoms in total. The second-order valence-electron chi connectivity index (χ2n) is 26.3. The molecule has 0 bridgehead atoms. The van der Waals surface area contributed by atoms with Gasteiger partial charge in [-0.25, -0.2) is 0 Å². The minimum atomic E-state index is -0.665. The molecule has 6 heteroatoms. The third kappa shape index (κ3) is 67.7. The molecule has 0 heterocycles. The SMILES string of the molecule is CCCCCCCC/C=C\CCCCCCCCCCCC(=O)OCCCCCCCCCCCCCCCCCCCCCCCCCC(=O)NC(CO)C(O)CCCCCCCCCCCCCCCCCCCCCCCCC. The number of hydrogen-bond donors (Lipinski definition) is 3. The van der Waals surface area contributed by atoms with Crippen LogP contribution in [0.5, 0.6) is 0 Å². The molecule has 2 atom stereocenters. The Morgan fingerprint density at radius 3 is 0.866 bits per heavy atom. The van der Waals surface area contributed by atoms with Gasteiger partial charge >= 0.3 is 5.97 Å². The first-order valence-corrected chi connectivity index (χ1v) is 37.9. The molecular formula is C76H149NO5. The summed E-state index contributed by atoms with van der Waals surface area (Å²) in [5.41, 5.74) is 0. The van der Waals surface area contributed by atoms with Crippen molar-refractivity contribution >= 4 is 11.9 Å². The number of allylic oxidation sites excluding steroid dienone is 2. The van der Waals surface area contributed by atoms with E-state index in [9.17, 15) is 19.8 Å². The largest absolute Gasteiger partial charge is 0.466 e. The number of ether oxygens (including phenoxy) is 1. The summed E-state index contributed by atoms with van der Waals surface area (Å²) in [6, 6.07) is -0.542. The third-order valence-corrected chi connectivity index (χ3v) is 18.1. The highest BCUT2D eigenvalue weighted by Gasteiger charge is 2.20. The number of esters is 1. The number of aliphatic hydroxyl groups excluding tert-OH is 2. The van der Waals surface area contributed by atoms with Gasteiger partial charge in [-0.05, 0) is 51.4 Å². The van der Waals surface area contributed by atoms with Gasteiger partial charge in [0.05, 0.1) is 25.4 Å². The van der Waals surface area contributed by atoms with E-state index in [0.717, 1.165) is 38.5 Å². The Hall–Kier alpha value is -1.40. The van der Waals surface area contributed by atoms with Crippen LogP contribution in [0.4, 0.5) is 0 Å². The van der Waals surface area contributed by atoms with Gasteiger partial charge in [0.15, 0.2) is 0 Å². The zero-order valence-corrected chi connectivity index (χ0v) is 56.0. The lowest BCUT2D eigenvalue weighted by Crippen LogP contribution is -2.45. The summed E-state index contributed by atoms with van der Waals surface area (Å²) in [5, 5.41) is 23.5. The maximum atomic E-state index is 12.6. The number of unbranched alkanes of at least 4 members (excludes halogenated alkanes) is 59. The van der Waals surface area contributed by atoms with Crippen LogP contribution in [0.25, 0.3) is 0 Å². The van der Waals surface area contributed by atoms with Crippen molar-refractivity contribution in [3.63, 3.8) is 0 Å². The first kappa shape index (κ1) is 80.6. The normalized spacial score (nSPS) is 12.5. The number of rotatable bonds is 72. The number of hydrogen-bond acceptors (Lipinski definition) is 5. The molecular weight excluding hydrogens is 1010 g/mol. The molecule has 0 saturated heterocycles. The van der Waals surface area contributed by atoms with Crippen molar-refractivity contribution in [2.45, 2.75) is 450 Å². The fourth-order valence-corrected chi connectivity index (χ4v) is 12.3. The lowest BCUT2D eigenvalue weighted by Gasteiger charge is -2.22. The van der Waals surface area contributed by atoms with E-state index in [1.807, 2.05) is 0 Å².